The van der Waals surface area contributed by atoms with E-state index in [1.54, 1.807) is 0 Å². The molecule has 0 amide bonds. The van der Waals surface area contributed by atoms with E-state index >= 15 is 0 Å². The molecule has 0 aliphatic rings. The monoisotopic (exact) mass is 398 g/mol. The summed E-state index contributed by atoms with van der Waals surface area (Å²) < 4.78 is 0. The summed E-state index contributed by atoms with van der Waals surface area (Å²) in [7, 11) is 0. The zero-order chi connectivity index (χ0) is 12.0. The molecule has 17 heavy (non-hydrogen) atoms. The maximum absolute atomic E-state index is 2.20. The first-order chi connectivity index (χ1) is 7.61. The van der Waals surface area contributed by atoms with Crippen LogP contribution in [0, 0.1) is 0 Å². The van der Waals surface area contributed by atoms with Crippen LogP contribution in [0.25, 0.3) is 0 Å². The van der Waals surface area contributed by atoms with Gasteiger partial charge in [0.25, 0.3) is 0 Å². The van der Waals surface area contributed by atoms with Crippen molar-refractivity contribution in [2.45, 2.75) is 39.5 Å². The molecule has 0 nitrogen and oxygen atoms in total. The van der Waals surface area contributed by atoms with E-state index in [2.05, 4.69) is 76.2 Å². The molecule has 0 saturated heterocycles. The number of hydrogen-bond acceptors (Lipinski definition) is 0. The molecule has 0 aliphatic carbocycles. The standard InChI is InChI=1S/2C8H11.W/c2*1-7(2)8-5-3-4-6-8;/h2*3-7H,1-2H3;/q2*-1;+2. The van der Waals surface area contributed by atoms with E-state index in [9.17, 15) is 0 Å². The van der Waals surface area contributed by atoms with Crippen LogP contribution in [0.2, 0.25) is 0 Å². The van der Waals surface area contributed by atoms with Gasteiger partial charge in [-0.25, -0.2) is 12.1 Å². The molecule has 0 aliphatic heterocycles. The maximum Gasteiger partial charge on any atom is 2.00 e. The smallest absolute Gasteiger partial charge is 0.210 e. The van der Waals surface area contributed by atoms with Crippen molar-refractivity contribution in [1.82, 2.24) is 0 Å². The second-order valence-corrected chi connectivity index (χ2v) is 4.75. The molecule has 0 fully saturated rings. The molecular weight excluding hydrogens is 376 g/mol. The van der Waals surface area contributed by atoms with E-state index in [4.69, 9.17) is 0 Å². The van der Waals surface area contributed by atoms with Crippen molar-refractivity contribution in [2.75, 3.05) is 0 Å². The first kappa shape index (κ1) is 16.4. The molecule has 2 aromatic carbocycles. The summed E-state index contributed by atoms with van der Waals surface area (Å²) in [5.41, 5.74) is 2.87. The fourth-order valence-corrected chi connectivity index (χ4v) is 1.55. The fraction of sp³-hybridized carbons (Fsp3) is 0.375. The van der Waals surface area contributed by atoms with Gasteiger partial charge in [-0.05, 0) is 0 Å². The fourth-order valence-electron chi connectivity index (χ4n) is 1.55. The molecule has 0 spiro atoms. The summed E-state index contributed by atoms with van der Waals surface area (Å²) in [5, 5.41) is 0. The molecule has 0 aromatic heterocycles. The van der Waals surface area contributed by atoms with Gasteiger partial charge in [0.1, 0.15) is 0 Å². The Labute approximate surface area is 120 Å². The first-order valence-corrected chi connectivity index (χ1v) is 6.04. The SMILES string of the molecule is CC(C)c1cc[cH-]c1.CC(C)c1cc[cH-]c1.[W+2]. The van der Waals surface area contributed by atoms with Crippen LogP contribution in [0.15, 0.2) is 48.5 Å². The molecule has 2 aromatic rings. The van der Waals surface area contributed by atoms with Gasteiger partial charge >= 0.3 is 21.1 Å². The van der Waals surface area contributed by atoms with Crippen LogP contribution in [0.4, 0.5) is 0 Å². The van der Waals surface area contributed by atoms with E-state index in [0.717, 1.165) is 0 Å². The molecule has 0 saturated carbocycles. The molecule has 0 bridgehead atoms. The molecule has 0 radical (unpaired) electrons. The second kappa shape index (κ2) is 8.47. The minimum absolute atomic E-state index is 0. The topological polar surface area (TPSA) is 0 Å². The Morgan fingerprint density at radius 1 is 0.765 bits per heavy atom. The van der Waals surface area contributed by atoms with Crippen molar-refractivity contribution in [3.63, 3.8) is 0 Å². The molecule has 1 heteroatoms. The number of hydrogen-bond donors (Lipinski definition) is 0. The minimum Gasteiger partial charge on any atom is -0.210 e. The molecule has 2 rings (SSSR count). The molecular formula is C16H22W. The molecule has 0 heterocycles. The van der Waals surface area contributed by atoms with E-state index in [0.29, 0.717) is 11.8 Å². The number of rotatable bonds is 2. The van der Waals surface area contributed by atoms with Crippen LogP contribution in [-0.2, 0) is 21.1 Å². The van der Waals surface area contributed by atoms with Crippen LogP contribution in [0.5, 0.6) is 0 Å². The van der Waals surface area contributed by atoms with Gasteiger partial charge < -0.3 is 0 Å². The van der Waals surface area contributed by atoms with Crippen LogP contribution >= 0.6 is 0 Å². The van der Waals surface area contributed by atoms with E-state index in [-0.39, 0.29) is 21.1 Å². The average molecular weight is 398 g/mol. The Hall–Kier alpha value is -0.612. The normalized spacial score (nSPS) is 9.76. The Bertz CT molecular complexity index is 314. The Morgan fingerprint density at radius 2 is 1.12 bits per heavy atom. The van der Waals surface area contributed by atoms with Gasteiger partial charge in [0.15, 0.2) is 0 Å². The summed E-state index contributed by atoms with van der Waals surface area (Å²) in [6, 6.07) is 16.9. The summed E-state index contributed by atoms with van der Waals surface area (Å²) in [6.45, 7) is 8.81. The van der Waals surface area contributed by atoms with Gasteiger partial charge in [0.2, 0.25) is 0 Å². The zero-order valence-electron chi connectivity index (χ0n) is 11.2. The van der Waals surface area contributed by atoms with Crippen molar-refractivity contribution in [3.05, 3.63) is 59.7 Å². The molecule has 0 atom stereocenters. The molecule has 92 valence electrons. The predicted molar refractivity (Wildman–Crippen MR) is 72.2 cm³/mol. The minimum atomic E-state index is 0. The zero-order valence-corrected chi connectivity index (χ0v) is 14.1. The Balaban J connectivity index is 0.000000284. The first-order valence-electron chi connectivity index (χ1n) is 6.04. The largest absolute Gasteiger partial charge is 2.00 e. The Morgan fingerprint density at radius 3 is 1.24 bits per heavy atom. The summed E-state index contributed by atoms with van der Waals surface area (Å²) in [6.07, 6.45) is 0. The van der Waals surface area contributed by atoms with Gasteiger partial charge in [0.05, 0.1) is 0 Å². The second-order valence-electron chi connectivity index (χ2n) is 4.75. The van der Waals surface area contributed by atoms with Gasteiger partial charge in [-0.15, -0.1) is 0 Å². The van der Waals surface area contributed by atoms with Gasteiger partial charge in [-0.2, -0.15) is 47.5 Å². The third-order valence-corrected chi connectivity index (χ3v) is 2.71. The summed E-state index contributed by atoms with van der Waals surface area (Å²) in [4.78, 5) is 0. The quantitative estimate of drug-likeness (QED) is 0.621. The van der Waals surface area contributed by atoms with E-state index in [1.165, 1.54) is 11.1 Å². The third kappa shape index (κ3) is 6.03. The van der Waals surface area contributed by atoms with Crippen molar-refractivity contribution >= 4 is 0 Å². The van der Waals surface area contributed by atoms with Gasteiger partial charge in [-0.3, -0.25) is 0 Å². The van der Waals surface area contributed by atoms with E-state index in [1.807, 2.05) is 0 Å². The molecule has 0 unspecified atom stereocenters. The van der Waals surface area contributed by atoms with Crippen LogP contribution < -0.4 is 0 Å². The van der Waals surface area contributed by atoms with Crippen molar-refractivity contribution < 1.29 is 21.1 Å². The van der Waals surface area contributed by atoms with E-state index < -0.39 is 0 Å². The van der Waals surface area contributed by atoms with Crippen LogP contribution in [0.3, 0.4) is 0 Å². The Kier molecular flexibility index (Phi) is 8.17. The third-order valence-electron chi connectivity index (χ3n) is 2.71. The maximum atomic E-state index is 2.20. The van der Waals surface area contributed by atoms with Crippen molar-refractivity contribution in [2.24, 2.45) is 0 Å². The van der Waals surface area contributed by atoms with Gasteiger partial charge in [-0.1, -0.05) is 39.5 Å². The van der Waals surface area contributed by atoms with Crippen LogP contribution in [0.1, 0.15) is 50.7 Å². The van der Waals surface area contributed by atoms with Crippen molar-refractivity contribution in [1.29, 1.82) is 0 Å². The predicted octanol–water partition coefficient (Wildman–Crippen LogP) is 5.06. The van der Waals surface area contributed by atoms with Crippen LogP contribution in [-0.4, -0.2) is 0 Å². The summed E-state index contributed by atoms with van der Waals surface area (Å²) >= 11 is 0. The van der Waals surface area contributed by atoms with Gasteiger partial charge in [0, 0.05) is 0 Å². The van der Waals surface area contributed by atoms with Crippen molar-refractivity contribution in [3.8, 4) is 0 Å². The molecule has 0 N–H and O–H groups in total. The average Bonchev–Trinajstić information content (AvgIpc) is 2.93. The summed E-state index contributed by atoms with van der Waals surface area (Å²) in [5.74, 6) is 1.37.